The minimum absolute atomic E-state index is 0.0158. The molecule has 0 saturated carbocycles. The van der Waals surface area contributed by atoms with Crippen LogP contribution in [0.2, 0.25) is 0 Å². The van der Waals surface area contributed by atoms with E-state index >= 15 is 0 Å². The number of ketones is 4. The van der Waals surface area contributed by atoms with Gasteiger partial charge in [-0.15, -0.1) is 6.42 Å². The Labute approximate surface area is 243 Å². The Morgan fingerprint density at radius 1 is 0.829 bits per heavy atom. The predicted octanol–water partition coefficient (Wildman–Crippen LogP) is 3.75. The summed E-state index contributed by atoms with van der Waals surface area (Å²) in [7, 11) is 3.38. The van der Waals surface area contributed by atoms with Crippen LogP contribution in [0.4, 0.5) is 0 Å². The van der Waals surface area contributed by atoms with Crippen LogP contribution < -0.4 is 0 Å². The topological polar surface area (TPSA) is 166 Å². The molecule has 0 saturated heterocycles. The summed E-state index contributed by atoms with van der Waals surface area (Å²) >= 11 is 3.12. The van der Waals surface area contributed by atoms with E-state index in [1.807, 2.05) is 0 Å². The van der Waals surface area contributed by atoms with E-state index in [0.29, 0.717) is 5.70 Å². The molecule has 0 bridgehead atoms. The van der Waals surface area contributed by atoms with Gasteiger partial charge in [0.2, 0.25) is 23.1 Å². The van der Waals surface area contributed by atoms with Crippen LogP contribution in [0.15, 0.2) is 57.1 Å². The van der Waals surface area contributed by atoms with Gasteiger partial charge in [0.05, 0.1) is 21.2 Å². The highest BCUT2D eigenvalue weighted by Gasteiger charge is 2.36. The van der Waals surface area contributed by atoms with Crippen LogP contribution >= 0.6 is 15.9 Å². The van der Waals surface area contributed by atoms with Crippen LogP contribution in [0, 0.1) is 12.3 Å². The molecule has 3 aromatic rings. The number of aliphatic hydroxyl groups excluding tert-OH is 2. The van der Waals surface area contributed by atoms with Gasteiger partial charge in [-0.3, -0.25) is 19.2 Å². The van der Waals surface area contributed by atoms with Crippen molar-refractivity contribution in [1.29, 1.82) is 0 Å². The molecule has 41 heavy (non-hydrogen) atoms. The van der Waals surface area contributed by atoms with Crippen molar-refractivity contribution in [3.05, 3.63) is 92.0 Å². The van der Waals surface area contributed by atoms with Crippen molar-refractivity contribution in [1.82, 2.24) is 4.90 Å². The van der Waals surface area contributed by atoms with Crippen molar-refractivity contribution in [2.24, 2.45) is 0 Å². The van der Waals surface area contributed by atoms with Crippen molar-refractivity contribution in [2.75, 3.05) is 14.1 Å². The maximum absolute atomic E-state index is 12.3. The third kappa shape index (κ3) is 6.00. The Balaban J connectivity index is 0.000000195. The first-order valence-electron chi connectivity index (χ1n) is 12.1. The fraction of sp³-hybridized carbons (Fsp3) is 0.200. The standard InChI is InChI=1S/C14H10O5.C12H10BrNO3.C4H6O/c1-6(15)10-5-8-12(17)11-7(3-2-4-9(11)16)13(18)14(8)19-10;1-14(2)10-9(13)12(17)8-6(11(10)16)4-3-5-7(8)15;1-3-4(2)5/h2-6,15-16H,1H3;3-5,15H,1-2H3;1,4-5H,2H3/t6-;;4-/m0.0/s1. The third-order valence-corrected chi connectivity index (χ3v) is 6.69. The first kappa shape index (κ1) is 31.0. The molecule has 0 spiro atoms. The fourth-order valence-electron chi connectivity index (χ4n) is 3.99. The maximum atomic E-state index is 12.3. The number of fused-ring (bicyclic) bond motifs is 3. The zero-order valence-corrected chi connectivity index (χ0v) is 24.0. The first-order chi connectivity index (χ1) is 19.2. The quantitative estimate of drug-likeness (QED) is 0.241. The number of benzene rings is 2. The summed E-state index contributed by atoms with van der Waals surface area (Å²) in [6.45, 7) is 3.02. The van der Waals surface area contributed by atoms with Gasteiger partial charge in [0, 0.05) is 25.2 Å². The zero-order chi connectivity index (χ0) is 30.8. The molecule has 212 valence electrons. The lowest BCUT2D eigenvalue weighted by Gasteiger charge is -2.23. The predicted molar refractivity (Wildman–Crippen MR) is 151 cm³/mol. The molecule has 4 N–H and O–H groups in total. The fourth-order valence-corrected chi connectivity index (χ4v) is 4.72. The Bertz CT molecular complexity index is 1640. The Kier molecular flexibility index (Phi) is 9.35. The van der Waals surface area contributed by atoms with Gasteiger partial charge >= 0.3 is 0 Å². The molecule has 2 aliphatic carbocycles. The zero-order valence-electron chi connectivity index (χ0n) is 22.4. The number of carbonyl (C=O) groups is 4. The monoisotopic (exact) mass is 623 g/mol. The highest BCUT2D eigenvalue weighted by atomic mass is 79.9. The van der Waals surface area contributed by atoms with Crippen LogP contribution in [-0.2, 0) is 0 Å². The highest BCUT2D eigenvalue weighted by molar-refractivity contribution is 9.12. The summed E-state index contributed by atoms with van der Waals surface area (Å²) in [5.41, 5.74) is 0.779. The molecule has 10 nitrogen and oxygen atoms in total. The number of allylic oxidation sites excluding steroid dienone is 2. The molecule has 2 atom stereocenters. The smallest absolute Gasteiger partial charge is 0.229 e. The Morgan fingerprint density at radius 2 is 1.32 bits per heavy atom. The molecule has 0 amide bonds. The summed E-state index contributed by atoms with van der Waals surface area (Å²) in [5, 5.41) is 37.0. The number of phenols is 2. The summed E-state index contributed by atoms with van der Waals surface area (Å²) in [4.78, 5) is 50.3. The number of halogens is 1. The number of Topliss-reactive ketones (excluding diaryl/α,β-unsaturated/α-hetero) is 2. The molecule has 1 aromatic heterocycles. The molecule has 2 aliphatic rings. The number of rotatable bonds is 2. The second-order valence-corrected chi connectivity index (χ2v) is 9.98. The van der Waals surface area contributed by atoms with E-state index < -0.39 is 23.8 Å². The van der Waals surface area contributed by atoms with Crippen LogP contribution in [0.1, 0.15) is 78.5 Å². The lowest BCUT2D eigenvalue weighted by Crippen LogP contribution is -2.28. The van der Waals surface area contributed by atoms with E-state index in [9.17, 15) is 34.5 Å². The van der Waals surface area contributed by atoms with Crippen LogP contribution in [0.5, 0.6) is 11.5 Å². The number of aliphatic hydroxyl groups is 2. The van der Waals surface area contributed by atoms with E-state index in [4.69, 9.17) is 9.52 Å². The molecule has 0 fully saturated rings. The summed E-state index contributed by atoms with van der Waals surface area (Å²) < 4.78 is 5.43. The largest absolute Gasteiger partial charge is 0.507 e. The van der Waals surface area contributed by atoms with Crippen molar-refractivity contribution < 1.29 is 44.0 Å². The minimum atomic E-state index is -0.914. The highest BCUT2D eigenvalue weighted by Crippen LogP contribution is 2.36. The first-order valence-corrected chi connectivity index (χ1v) is 12.9. The van der Waals surface area contributed by atoms with Crippen LogP contribution in [-0.4, -0.2) is 68.7 Å². The minimum Gasteiger partial charge on any atom is -0.507 e. The SMILES string of the molecule is C#C[C@H](C)O.CN(C)C1=C(Br)C(=O)c2c(O)cccc2C1=O.C[C@H](O)c1cc2c(o1)C(=O)c1cccc(O)c1C2=O. The molecule has 11 heteroatoms. The number of carbonyl (C=O) groups excluding carboxylic acids is 4. The second kappa shape index (κ2) is 12.3. The van der Waals surface area contributed by atoms with Gasteiger partial charge in [-0.25, -0.2) is 0 Å². The number of hydrogen-bond acceptors (Lipinski definition) is 10. The number of aromatic hydroxyl groups is 2. The van der Waals surface area contributed by atoms with Crippen molar-refractivity contribution in [3.8, 4) is 23.8 Å². The van der Waals surface area contributed by atoms with Gasteiger partial charge in [0.25, 0.3) is 0 Å². The summed E-state index contributed by atoms with van der Waals surface area (Å²) in [6.07, 6.45) is 3.17. The van der Waals surface area contributed by atoms with Crippen LogP contribution in [0.25, 0.3) is 0 Å². The van der Waals surface area contributed by atoms with E-state index in [1.54, 1.807) is 32.0 Å². The molecule has 2 aromatic carbocycles. The number of hydrogen-bond donors (Lipinski definition) is 4. The number of phenolic OH excluding ortho intramolecular Hbond substituents is 2. The Morgan fingerprint density at radius 3 is 1.78 bits per heavy atom. The van der Waals surface area contributed by atoms with Crippen molar-refractivity contribution >= 4 is 39.1 Å². The average molecular weight is 624 g/mol. The molecule has 0 unspecified atom stereocenters. The van der Waals surface area contributed by atoms with Gasteiger partial charge in [-0.2, -0.15) is 0 Å². The molecule has 1 heterocycles. The van der Waals surface area contributed by atoms with Crippen LogP contribution in [0.3, 0.4) is 0 Å². The lowest BCUT2D eigenvalue weighted by molar-refractivity contribution is 0.0951. The maximum Gasteiger partial charge on any atom is 0.229 e. The van der Waals surface area contributed by atoms with Gasteiger partial charge in [0.1, 0.15) is 35.2 Å². The summed E-state index contributed by atoms with van der Waals surface area (Å²) in [6, 6.07) is 10.1. The van der Waals surface area contributed by atoms with E-state index in [0.717, 1.165) is 0 Å². The molecule has 5 rings (SSSR count). The van der Waals surface area contributed by atoms with E-state index in [-0.39, 0.29) is 66.9 Å². The Hall–Kier alpha value is -4.50. The number of furan rings is 1. The molecule has 0 aliphatic heterocycles. The molecule has 0 radical (unpaired) electrons. The normalized spacial score (nSPS) is 14.8. The average Bonchev–Trinajstić information content (AvgIpc) is 3.38. The third-order valence-electron chi connectivity index (χ3n) is 5.95. The van der Waals surface area contributed by atoms with E-state index in [2.05, 4.69) is 28.3 Å². The molecular weight excluding hydrogens is 598 g/mol. The van der Waals surface area contributed by atoms with Gasteiger partial charge < -0.3 is 29.7 Å². The number of terminal acetylenes is 1. The van der Waals surface area contributed by atoms with Gasteiger partial charge in [0.15, 0.2) is 5.76 Å². The molecular formula is C30H26BrNO9. The number of nitrogens with zero attached hydrogens (tertiary/aromatic N) is 1. The van der Waals surface area contributed by atoms with Gasteiger partial charge in [-0.05, 0) is 60.1 Å². The van der Waals surface area contributed by atoms with Gasteiger partial charge in [-0.1, -0.05) is 18.1 Å². The lowest BCUT2D eigenvalue weighted by atomic mass is 9.88. The second-order valence-electron chi connectivity index (χ2n) is 9.18. The van der Waals surface area contributed by atoms with Crippen molar-refractivity contribution in [3.63, 3.8) is 0 Å². The van der Waals surface area contributed by atoms with E-state index in [1.165, 1.54) is 43.3 Å². The number of likely N-dealkylation sites (N-methyl/N-ethyl adjacent to an activating group) is 1. The summed E-state index contributed by atoms with van der Waals surface area (Å²) in [5.74, 6) is 0.162. The van der Waals surface area contributed by atoms with Crippen molar-refractivity contribution in [2.45, 2.75) is 26.1 Å².